The Morgan fingerprint density at radius 3 is 2.75 bits per heavy atom. The van der Waals surface area contributed by atoms with E-state index in [4.69, 9.17) is 9.47 Å². The quantitative estimate of drug-likeness (QED) is 0.473. The van der Waals surface area contributed by atoms with Crippen molar-refractivity contribution in [1.82, 2.24) is 14.6 Å². The first-order valence-electron chi connectivity index (χ1n) is 8.41. The maximum atomic E-state index is 12.1. The molecular weight excluding hydrogens is 366 g/mol. The number of nitrogens with zero attached hydrogens (tertiary/aromatic N) is 3. The molecular formula is C18H19N5O5. The van der Waals surface area contributed by atoms with E-state index >= 15 is 0 Å². The van der Waals surface area contributed by atoms with Crippen LogP contribution in [0.1, 0.15) is 10.4 Å². The normalized spacial score (nSPS) is 10.6. The van der Waals surface area contributed by atoms with Crippen LogP contribution in [0.15, 0.2) is 42.6 Å². The van der Waals surface area contributed by atoms with E-state index in [-0.39, 0.29) is 23.8 Å². The van der Waals surface area contributed by atoms with Crippen LogP contribution < -0.4 is 15.4 Å². The molecule has 0 radical (unpaired) electrons. The van der Waals surface area contributed by atoms with Crippen LogP contribution in [0.2, 0.25) is 0 Å². The fourth-order valence-electron chi connectivity index (χ4n) is 2.42. The second-order valence-corrected chi connectivity index (χ2v) is 5.72. The van der Waals surface area contributed by atoms with Crippen molar-refractivity contribution < 1.29 is 24.2 Å². The van der Waals surface area contributed by atoms with Crippen molar-refractivity contribution in [1.29, 1.82) is 0 Å². The zero-order valence-corrected chi connectivity index (χ0v) is 15.1. The summed E-state index contributed by atoms with van der Waals surface area (Å²) in [7, 11) is 1.57. The van der Waals surface area contributed by atoms with Gasteiger partial charge in [-0.05, 0) is 18.2 Å². The lowest BCUT2D eigenvalue weighted by molar-refractivity contribution is -0.118. The predicted molar refractivity (Wildman–Crippen MR) is 101 cm³/mol. The maximum Gasteiger partial charge on any atom is 0.339 e. The zero-order chi connectivity index (χ0) is 19.9. The minimum Gasteiger partial charge on any atom is -0.484 e. The van der Waals surface area contributed by atoms with E-state index in [0.29, 0.717) is 24.6 Å². The molecule has 0 unspecified atom stereocenters. The molecule has 0 spiro atoms. The zero-order valence-electron chi connectivity index (χ0n) is 15.1. The Bertz CT molecular complexity index is 973. The van der Waals surface area contributed by atoms with Crippen LogP contribution in [-0.4, -0.2) is 58.4 Å². The molecule has 146 valence electrons. The fourth-order valence-corrected chi connectivity index (χ4v) is 2.42. The van der Waals surface area contributed by atoms with Gasteiger partial charge in [-0.3, -0.25) is 10.1 Å². The first kappa shape index (κ1) is 19.1. The number of nitrogens with one attached hydrogen (secondary N) is 2. The Morgan fingerprint density at radius 1 is 1.25 bits per heavy atom. The molecule has 0 aliphatic carbocycles. The summed E-state index contributed by atoms with van der Waals surface area (Å²) in [6.07, 6.45) is 1.58. The highest BCUT2D eigenvalue weighted by molar-refractivity contribution is 5.96. The van der Waals surface area contributed by atoms with Crippen LogP contribution in [0.25, 0.3) is 5.65 Å². The van der Waals surface area contributed by atoms with E-state index in [1.54, 1.807) is 37.6 Å². The minimum absolute atomic E-state index is 0.0156. The number of hydrogen-bond donors (Lipinski definition) is 3. The van der Waals surface area contributed by atoms with E-state index in [9.17, 15) is 14.7 Å². The van der Waals surface area contributed by atoms with Gasteiger partial charge in [-0.1, -0.05) is 18.2 Å². The van der Waals surface area contributed by atoms with Crippen molar-refractivity contribution in [2.24, 2.45) is 0 Å². The molecule has 0 fully saturated rings. The number of carboxylic acid groups (broad SMARTS) is 1. The second-order valence-electron chi connectivity index (χ2n) is 5.72. The number of carbonyl (C=O) groups is 2. The van der Waals surface area contributed by atoms with Gasteiger partial charge in [0, 0.05) is 13.7 Å². The monoisotopic (exact) mass is 385 g/mol. The third kappa shape index (κ3) is 4.74. The van der Waals surface area contributed by atoms with Crippen LogP contribution in [0, 0.1) is 0 Å². The van der Waals surface area contributed by atoms with Crippen molar-refractivity contribution in [3.63, 3.8) is 0 Å². The van der Waals surface area contributed by atoms with E-state index in [1.165, 1.54) is 10.6 Å². The number of rotatable bonds is 9. The number of amides is 1. The molecule has 28 heavy (non-hydrogen) atoms. The summed E-state index contributed by atoms with van der Waals surface area (Å²) in [5.74, 6) is -1.08. The number of para-hydroxylation sites is 1. The number of ether oxygens (including phenoxy) is 2. The Labute approximate surface area is 160 Å². The van der Waals surface area contributed by atoms with Crippen LogP contribution >= 0.6 is 0 Å². The summed E-state index contributed by atoms with van der Waals surface area (Å²) < 4.78 is 11.6. The third-order valence-corrected chi connectivity index (χ3v) is 3.66. The minimum atomic E-state index is -1.15. The second kappa shape index (κ2) is 8.82. The summed E-state index contributed by atoms with van der Waals surface area (Å²) in [6, 6.07) is 10.3. The van der Waals surface area contributed by atoms with Gasteiger partial charge in [0.2, 0.25) is 5.95 Å². The Morgan fingerprint density at radius 2 is 2.04 bits per heavy atom. The van der Waals surface area contributed by atoms with Crippen molar-refractivity contribution in [2.45, 2.75) is 0 Å². The molecule has 3 N–H and O–H groups in total. The Balaban J connectivity index is 1.73. The number of anilines is 2. The molecule has 2 heterocycles. The molecule has 0 atom stereocenters. The lowest BCUT2D eigenvalue weighted by Gasteiger charge is -2.07. The van der Waals surface area contributed by atoms with Gasteiger partial charge >= 0.3 is 5.97 Å². The molecule has 0 aliphatic heterocycles. The topological polar surface area (TPSA) is 127 Å². The van der Waals surface area contributed by atoms with Crippen molar-refractivity contribution >= 4 is 29.2 Å². The summed E-state index contributed by atoms with van der Waals surface area (Å²) in [4.78, 5) is 27.7. The highest BCUT2D eigenvalue weighted by Crippen LogP contribution is 2.17. The van der Waals surface area contributed by atoms with Gasteiger partial charge in [-0.25, -0.2) is 9.31 Å². The lowest BCUT2D eigenvalue weighted by Crippen LogP contribution is -2.20. The summed E-state index contributed by atoms with van der Waals surface area (Å²) >= 11 is 0. The van der Waals surface area contributed by atoms with Gasteiger partial charge in [0.05, 0.1) is 18.5 Å². The molecule has 0 bridgehead atoms. The van der Waals surface area contributed by atoms with Crippen LogP contribution in [-0.2, 0) is 9.53 Å². The molecule has 1 aromatic carbocycles. The molecule has 3 rings (SSSR count). The van der Waals surface area contributed by atoms with Crippen LogP contribution in [0.3, 0.4) is 0 Å². The molecule has 10 nitrogen and oxygen atoms in total. The third-order valence-electron chi connectivity index (χ3n) is 3.66. The molecule has 2 aromatic heterocycles. The Hall–Kier alpha value is -3.66. The van der Waals surface area contributed by atoms with Crippen LogP contribution in [0.4, 0.5) is 11.6 Å². The SMILES string of the molecule is COCCNc1cc(C(=O)O)c2nc(NC(=O)COc3ccccc3)nn2c1. The number of pyridine rings is 1. The van der Waals surface area contributed by atoms with E-state index in [1.807, 2.05) is 6.07 Å². The highest BCUT2D eigenvalue weighted by atomic mass is 16.5. The highest BCUT2D eigenvalue weighted by Gasteiger charge is 2.16. The van der Waals surface area contributed by atoms with Crippen molar-refractivity contribution in [3.8, 4) is 5.75 Å². The summed E-state index contributed by atoms with van der Waals surface area (Å²) in [5.41, 5.74) is 0.608. The maximum absolute atomic E-state index is 12.1. The van der Waals surface area contributed by atoms with Gasteiger partial charge in [-0.2, -0.15) is 4.98 Å². The molecule has 0 aliphatic rings. The first-order valence-corrected chi connectivity index (χ1v) is 8.41. The first-order chi connectivity index (χ1) is 13.6. The number of fused-ring (bicyclic) bond motifs is 1. The summed E-state index contributed by atoms with van der Waals surface area (Å²) in [6.45, 7) is 0.728. The van der Waals surface area contributed by atoms with Gasteiger partial charge < -0.3 is 19.9 Å². The average Bonchev–Trinajstić information content (AvgIpc) is 3.08. The van der Waals surface area contributed by atoms with Crippen LogP contribution in [0.5, 0.6) is 5.75 Å². The standard InChI is InChI=1S/C18H19N5O5/c1-27-8-7-19-12-9-14(17(25)26)16-21-18(22-23(16)10-12)20-15(24)11-28-13-5-3-2-4-6-13/h2-6,9-10,19H,7-8,11H2,1H3,(H,25,26)(H,20,22,24). The predicted octanol–water partition coefficient (Wildman–Crippen LogP) is 1.50. The van der Waals surface area contributed by atoms with E-state index in [0.717, 1.165) is 0 Å². The number of carboxylic acids is 1. The fraction of sp³-hybridized carbons (Fsp3) is 0.222. The summed E-state index contributed by atoms with van der Waals surface area (Å²) in [5, 5.41) is 19.1. The number of aromatic carboxylic acids is 1. The number of hydrogen-bond acceptors (Lipinski definition) is 7. The average molecular weight is 385 g/mol. The van der Waals surface area contributed by atoms with Gasteiger partial charge in [-0.15, -0.1) is 5.10 Å². The largest absolute Gasteiger partial charge is 0.484 e. The number of benzene rings is 1. The molecule has 0 saturated carbocycles. The molecule has 10 heteroatoms. The van der Waals surface area contributed by atoms with Gasteiger partial charge in [0.1, 0.15) is 11.3 Å². The van der Waals surface area contributed by atoms with E-state index in [2.05, 4.69) is 20.7 Å². The lowest BCUT2D eigenvalue weighted by atomic mass is 10.2. The van der Waals surface area contributed by atoms with E-state index < -0.39 is 11.9 Å². The number of methoxy groups -OCH3 is 1. The van der Waals surface area contributed by atoms with Crippen molar-refractivity contribution in [3.05, 3.63) is 48.2 Å². The number of aromatic nitrogens is 3. The smallest absolute Gasteiger partial charge is 0.339 e. The van der Waals surface area contributed by atoms with Crippen molar-refractivity contribution in [2.75, 3.05) is 37.5 Å². The van der Waals surface area contributed by atoms with Gasteiger partial charge in [0.15, 0.2) is 12.3 Å². The Kier molecular flexibility index (Phi) is 6.02. The molecule has 1 amide bonds. The molecule has 0 saturated heterocycles. The number of carbonyl (C=O) groups excluding carboxylic acids is 1. The van der Waals surface area contributed by atoms with Gasteiger partial charge in [0.25, 0.3) is 5.91 Å². The molecule has 3 aromatic rings.